The van der Waals surface area contributed by atoms with Crippen molar-refractivity contribution < 1.29 is 17.9 Å². The summed E-state index contributed by atoms with van der Waals surface area (Å²) >= 11 is 0. The molecule has 0 heterocycles. The zero-order chi connectivity index (χ0) is 23.3. The molecule has 0 atom stereocenters. The molecule has 0 saturated heterocycles. The highest BCUT2D eigenvalue weighted by atomic mass is 32.2. The Bertz CT molecular complexity index is 1260. The smallest absolute Gasteiger partial charge is 0.262 e. The second kappa shape index (κ2) is 9.45. The van der Waals surface area contributed by atoms with Crippen molar-refractivity contribution in [1.82, 2.24) is 4.72 Å². The molecular formula is C25H23N3O4S. The Morgan fingerprint density at radius 3 is 2.24 bits per heavy atom. The van der Waals surface area contributed by atoms with E-state index in [4.69, 9.17) is 4.74 Å². The van der Waals surface area contributed by atoms with Gasteiger partial charge in [-0.1, -0.05) is 42.5 Å². The zero-order valence-electron chi connectivity index (χ0n) is 17.8. The summed E-state index contributed by atoms with van der Waals surface area (Å²) in [7, 11) is -3.66. The van der Waals surface area contributed by atoms with E-state index < -0.39 is 10.0 Å². The Hall–Kier alpha value is -3.67. The summed E-state index contributed by atoms with van der Waals surface area (Å²) in [6.07, 6.45) is 1.73. The lowest BCUT2D eigenvalue weighted by molar-refractivity contribution is -0.118. The number of hydrogen-bond acceptors (Lipinski definition) is 5. The highest BCUT2D eigenvalue weighted by Gasteiger charge is 2.44. The van der Waals surface area contributed by atoms with E-state index in [2.05, 4.69) is 16.1 Å². The minimum atomic E-state index is -3.66. The first-order valence-corrected chi connectivity index (χ1v) is 12.0. The Morgan fingerprint density at radius 2 is 1.64 bits per heavy atom. The van der Waals surface area contributed by atoms with Gasteiger partial charge in [-0.3, -0.25) is 4.79 Å². The molecule has 0 aromatic heterocycles. The van der Waals surface area contributed by atoms with Crippen LogP contribution in [0.4, 0.5) is 5.69 Å². The lowest BCUT2D eigenvalue weighted by Crippen LogP contribution is -2.23. The van der Waals surface area contributed by atoms with Crippen LogP contribution in [0.1, 0.15) is 24.0 Å². The fourth-order valence-corrected chi connectivity index (χ4v) is 4.40. The lowest BCUT2D eigenvalue weighted by Gasteiger charge is -2.10. The predicted molar refractivity (Wildman–Crippen MR) is 124 cm³/mol. The molecule has 3 aromatic rings. The molecule has 3 aromatic carbocycles. The molecule has 168 valence electrons. The van der Waals surface area contributed by atoms with Gasteiger partial charge in [0, 0.05) is 12.2 Å². The molecule has 0 bridgehead atoms. The molecule has 1 saturated carbocycles. The van der Waals surface area contributed by atoms with Crippen molar-refractivity contribution in [3.05, 3.63) is 90.0 Å². The summed E-state index contributed by atoms with van der Waals surface area (Å²) in [5.74, 6) is 0.0394. The van der Waals surface area contributed by atoms with Crippen LogP contribution in [0.25, 0.3) is 0 Å². The van der Waals surface area contributed by atoms with Gasteiger partial charge in [0.2, 0.25) is 10.0 Å². The molecule has 0 aliphatic heterocycles. The van der Waals surface area contributed by atoms with Gasteiger partial charge in [0.25, 0.3) is 5.91 Å². The standard InChI is InChI=1S/C25H23N3O4S/c26-18-25(14-15-25)20-6-8-21(9-7-20)28-24(29)17-32-22-10-12-23(13-11-22)33(30,31)27-16-19-4-2-1-3-5-19/h1-13,27H,14-17H2,(H,28,29). The molecule has 7 nitrogen and oxygen atoms in total. The van der Waals surface area contributed by atoms with E-state index in [0.29, 0.717) is 11.4 Å². The highest BCUT2D eigenvalue weighted by Crippen LogP contribution is 2.47. The van der Waals surface area contributed by atoms with Crippen molar-refractivity contribution in [1.29, 1.82) is 5.26 Å². The van der Waals surface area contributed by atoms with Crippen LogP contribution in [0.3, 0.4) is 0 Å². The second-order valence-electron chi connectivity index (χ2n) is 7.89. The van der Waals surface area contributed by atoms with Gasteiger partial charge in [0.05, 0.1) is 16.4 Å². The summed E-state index contributed by atoms with van der Waals surface area (Å²) in [5, 5.41) is 12.0. The monoisotopic (exact) mass is 461 g/mol. The van der Waals surface area contributed by atoms with Crippen molar-refractivity contribution in [3.8, 4) is 11.8 Å². The molecule has 8 heteroatoms. The maximum atomic E-state index is 12.5. The van der Waals surface area contributed by atoms with Crippen LogP contribution < -0.4 is 14.8 Å². The zero-order valence-corrected chi connectivity index (χ0v) is 18.6. The second-order valence-corrected chi connectivity index (χ2v) is 9.66. The molecule has 1 fully saturated rings. The number of nitrogens with one attached hydrogen (secondary N) is 2. The van der Waals surface area contributed by atoms with E-state index in [9.17, 15) is 18.5 Å². The number of hydrogen-bond donors (Lipinski definition) is 2. The van der Waals surface area contributed by atoms with Gasteiger partial charge >= 0.3 is 0 Å². The SMILES string of the molecule is N#CC1(c2ccc(NC(=O)COc3ccc(S(=O)(=O)NCc4ccccc4)cc3)cc2)CC1. The van der Waals surface area contributed by atoms with Gasteiger partial charge in [-0.2, -0.15) is 5.26 Å². The predicted octanol–water partition coefficient (Wildman–Crippen LogP) is 3.74. The number of rotatable bonds is 9. The third-order valence-corrected chi connectivity index (χ3v) is 6.92. The molecular weight excluding hydrogens is 438 g/mol. The van der Waals surface area contributed by atoms with Gasteiger partial charge in [0.1, 0.15) is 5.75 Å². The molecule has 0 spiro atoms. The van der Waals surface area contributed by atoms with Gasteiger partial charge in [0.15, 0.2) is 6.61 Å². The third kappa shape index (κ3) is 5.58. The summed E-state index contributed by atoms with van der Waals surface area (Å²) in [6.45, 7) is -0.0255. The molecule has 0 unspecified atom stereocenters. The Kier molecular flexibility index (Phi) is 6.45. The highest BCUT2D eigenvalue weighted by molar-refractivity contribution is 7.89. The van der Waals surface area contributed by atoms with Gasteiger partial charge in [-0.15, -0.1) is 0 Å². The number of anilines is 1. The van der Waals surface area contributed by atoms with Crippen molar-refractivity contribution >= 4 is 21.6 Å². The van der Waals surface area contributed by atoms with Crippen molar-refractivity contribution in [2.45, 2.75) is 29.7 Å². The first-order valence-electron chi connectivity index (χ1n) is 10.5. The van der Waals surface area contributed by atoms with Crippen molar-refractivity contribution in [2.75, 3.05) is 11.9 Å². The Balaban J connectivity index is 1.27. The average molecular weight is 462 g/mol. The lowest BCUT2D eigenvalue weighted by atomic mass is 9.98. The fourth-order valence-electron chi connectivity index (χ4n) is 3.38. The molecule has 1 aliphatic carbocycles. The van der Waals surface area contributed by atoms with Crippen molar-refractivity contribution in [2.24, 2.45) is 0 Å². The minimum absolute atomic E-state index is 0.112. The maximum Gasteiger partial charge on any atom is 0.262 e. The van der Waals surface area contributed by atoms with Crippen LogP contribution in [0.2, 0.25) is 0 Å². The van der Waals surface area contributed by atoms with Crippen LogP contribution in [0.15, 0.2) is 83.8 Å². The normalized spacial score (nSPS) is 14.2. The molecule has 0 radical (unpaired) electrons. The van der Waals surface area contributed by atoms with Crippen LogP contribution in [0, 0.1) is 11.3 Å². The first kappa shape index (κ1) is 22.5. The molecule has 1 amide bonds. The van der Waals surface area contributed by atoms with Crippen LogP contribution in [0.5, 0.6) is 5.75 Å². The molecule has 4 rings (SSSR count). The van der Waals surface area contributed by atoms with Gasteiger partial charge < -0.3 is 10.1 Å². The van der Waals surface area contributed by atoms with E-state index in [1.807, 2.05) is 42.5 Å². The number of carbonyl (C=O) groups excluding carboxylic acids is 1. The van der Waals surface area contributed by atoms with E-state index in [0.717, 1.165) is 24.0 Å². The Morgan fingerprint density at radius 1 is 0.970 bits per heavy atom. The molecule has 2 N–H and O–H groups in total. The number of nitriles is 1. The number of carbonyl (C=O) groups is 1. The Labute approximate surface area is 193 Å². The number of amides is 1. The van der Waals surface area contributed by atoms with E-state index in [1.54, 1.807) is 12.1 Å². The summed E-state index contributed by atoms with van der Waals surface area (Å²) < 4.78 is 33.0. The number of benzene rings is 3. The van der Waals surface area contributed by atoms with Crippen LogP contribution in [-0.4, -0.2) is 20.9 Å². The number of nitrogens with zero attached hydrogens (tertiary/aromatic N) is 1. The van der Waals surface area contributed by atoms with E-state index in [-0.39, 0.29) is 29.4 Å². The quantitative estimate of drug-likeness (QED) is 0.505. The largest absolute Gasteiger partial charge is 0.484 e. The summed E-state index contributed by atoms with van der Waals surface area (Å²) in [5.41, 5.74) is 2.08. The van der Waals surface area contributed by atoms with E-state index >= 15 is 0 Å². The summed E-state index contributed by atoms with van der Waals surface area (Å²) in [6, 6.07) is 24.7. The minimum Gasteiger partial charge on any atom is -0.484 e. The average Bonchev–Trinajstić information content (AvgIpc) is 3.64. The third-order valence-electron chi connectivity index (χ3n) is 5.50. The number of sulfonamides is 1. The maximum absolute atomic E-state index is 12.5. The first-order chi connectivity index (χ1) is 15.9. The molecule has 1 aliphatic rings. The number of ether oxygens (including phenoxy) is 1. The van der Waals surface area contributed by atoms with Crippen molar-refractivity contribution in [3.63, 3.8) is 0 Å². The van der Waals surface area contributed by atoms with Gasteiger partial charge in [-0.05, 0) is 60.4 Å². The fraction of sp³-hybridized carbons (Fsp3) is 0.200. The van der Waals surface area contributed by atoms with Crippen LogP contribution >= 0.6 is 0 Å². The van der Waals surface area contributed by atoms with Gasteiger partial charge in [-0.25, -0.2) is 13.1 Å². The van der Waals surface area contributed by atoms with Crippen LogP contribution in [-0.2, 0) is 26.8 Å². The summed E-state index contributed by atoms with van der Waals surface area (Å²) in [4.78, 5) is 12.3. The topological polar surface area (TPSA) is 108 Å². The molecule has 33 heavy (non-hydrogen) atoms. The van der Waals surface area contributed by atoms with E-state index in [1.165, 1.54) is 24.3 Å².